The van der Waals surface area contributed by atoms with Crippen molar-refractivity contribution >= 4 is 11.8 Å². The van der Waals surface area contributed by atoms with Crippen LogP contribution >= 0.6 is 0 Å². The normalized spacial score (nSPS) is 20.6. The standard InChI is InChI=1S/C29H32FN3O2/c1-20(33-28(35)24-8-6-22(7-9-24)23-12-16-31-17-13-23)25-4-3-5-26(18-25)27(34)32-19-21-10-14-29(2,30)15-11-21/h3-9,12-13,16-18,20-21H,10-11,14-15,19H2,1-2H3,(H,32,34)(H,33,35)/t20-,21?,29?/m1/s1. The van der Waals surface area contributed by atoms with E-state index in [0.717, 1.165) is 29.5 Å². The molecule has 0 spiro atoms. The Labute approximate surface area is 206 Å². The SMILES string of the molecule is C[C@@H](NC(=O)c1ccc(-c2ccncc2)cc1)c1cccc(C(=O)NCC2CCC(C)(F)CC2)c1. The van der Waals surface area contributed by atoms with Gasteiger partial charge in [-0.2, -0.15) is 0 Å². The molecule has 1 aliphatic carbocycles. The minimum atomic E-state index is -1.07. The lowest BCUT2D eigenvalue weighted by Crippen LogP contribution is -2.34. The van der Waals surface area contributed by atoms with Gasteiger partial charge < -0.3 is 10.6 Å². The van der Waals surface area contributed by atoms with E-state index in [2.05, 4.69) is 15.6 Å². The fourth-order valence-corrected chi connectivity index (χ4v) is 4.49. The van der Waals surface area contributed by atoms with Gasteiger partial charge in [-0.1, -0.05) is 24.3 Å². The summed E-state index contributed by atoms with van der Waals surface area (Å²) in [6.07, 6.45) is 6.16. The van der Waals surface area contributed by atoms with Crippen LogP contribution in [0.3, 0.4) is 0 Å². The number of rotatable bonds is 7. The molecule has 1 aliphatic rings. The molecule has 2 amide bonds. The first kappa shape index (κ1) is 24.6. The van der Waals surface area contributed by atoms with E-state index in [9.17, 15) is 14.0 Å². The van der Waals surface area contributed by atoms with Gasteiger partial charge in [0.25, 0.3) is 11.8 Å². The molecule has 3 aromatic rings. The second-order valence-corrected chi connectivity index (χ2v) is 9.70. The fraction of sp³-hybridized carbons (Fsp3) is 0.345. The molecule has 5 nitrogen and oxygen atoms in total. The molecule has 0 unspecified atom stereocenters. The summed E-state index contributed by atoms with van der Waals surface area (Å²) in [5.74, 6) is -0.00873. The minimum Gasteiger partial charge on any atom is -0.352 e. The van der Waals surface area contributed by atoms with Gasteiger partial charge in [0.15, 0.2) is 0 Å². The minimum absolute atomic E-state index is 0.148. The van der Waals surface area contributed by atoms with Crippen LogP contribution in [0.15, 0.2) is 73.1 Å². The molecule has 1 saturated carbocycles. The summed E-state index contributed by atoms with van der Waals surface area (Å²) in [6, 6.07) is 18.3. The highest BCUT2D eigenvalue weighted by Gasteiger charge is 2.30. The van der Waals surface area contributed by atoms with Gasteiger partial charge in [-0.25, -0.2) is 4.39 Å². The molecule has 1 aromatic heterocycles. The Kier molecular flexibility index (Phi) is 7.59. The Bertz CT molecular complexity index is 1150. The van der Waals surface area contributed by atoms with Crippen LogP contribution < -0.4 is 10.6 Å². The number of aromatic nitrogens is 1. The van der Waals surface area contributed by atoms with Gasteiger partial charge in [0.1, 0.15) is 5.67 Å². The Morgan fingerprint density at radius 2 is 1.63 bits per heavy atom. The monoisotopic (exact) mass is 473 g/mol. The average Bonchev–Trinajstić information content (AvgIpc) is 2.88. The molecule has 2 N–H and O–H groups in total. The van der Waals surface area contributed by atoms with Crippen molar-refractivity contribution in [2.75, 3.05) is 6.54 Å². The number of halogens is 1. The zero-order valence-electron chi connectivity index (χ0n) is 20.3. The maximum absolute atomic E-state index is 14.0. The molecule has 1 fully saturated rings. The Morgan fingerprint density at radius 1 is 0.971 bits per heavy atom. The smallest absolute Gasteiger partial charge is 0.251 e. The summed E-state index contributed by atoms with van der Waals surface area (Å²) in [5, 5.41) is 6.01. The molecule has 2 aromatic carbocycles. The molecule has 182 valence electrons. The van der Waals surface area contributed by atoms with E-state index in [1.165, 1.54) is 0 Å². The van der Waals surface area contributed by atoms with Crippen LogP contribution in [0.4, 0.5) is 4.39 Å². The molecule has 6 heteroatoms. The topological polar surface area (TPSA) is 71.1 Å². The number of amides is 2. The Morgan fingerprint density at radius 3 is 2.31 bits per heavy atom. The van der Waals surface area contributed by atoms with E-state index in [0.29, 0.717) is 36.4 Å². The van der Waals surface area contributed by atoms with Crippen molar-refractivity contribution in [1.29, 1.82) is 0 Å². The molecule has 1 heterocycles. The van der Waals surface area contributed by atoms with Gasteiger partial charge in [0, 0.05) is 30.1 Å². The van der Waals surface area contributed by atoms with Crippen LogP contribution in [0.1, 0.15) is 71.9 Å². The summed E-state index contributed by atoms with van der Waals surface area (Å²) < 4.78 is 14.0. The van der Waals surface area contributed by atoms with Crippen LogP contribution in [-0.2, 0) is 0 Å². The number of hydrogen-bond acceptors (Lipinski definition) is 3. The highest BCUT2D eigenvalue weighted by atomic mass is 19.1. The van der Waals surface area contributed by atoms with E-state index in [4.69, 9.17) is 0 Å². The third-order valence-electron chi connectivity index (χ3n) is 6.86. The van der Waals surface area contributed by atoms with Crippen molar-refractivity contribution < 1.29 is 14.0 Å². The van der Waals surface area contributed by atoms with Crippen LogP contribution in [0, 0.1) is 5.92 Å². The van der Waals surface area contributed by atoms with Gasteiger partial charge in [-0.15, -0.1) is 0 Å². The first-order valence-corrected chi connectivity index (χ1v) is 12.2. The molecule has 0 saturated heterocycles. The van der Waals surface area contributed by atoms with Crippen LogP contribution in [0.25, 0.3) is 11.1 Å². The molecule has 35 heavy (non-hydrogen) atoms. The largest absolute Gasteiger partial charge is 0.352 e. The van der Waals surface area contributed by atoms with Crippen LogP contribution in [-0.4, -0.2) is 29.0 Å². The number of pyridine rings is 1. The zero-order chi connectivity index (χ0) is 24.8. The van der Waals surface area contributed by atoms with E-state index in [1.807, 2.05) is 49.4 Å². The molecule has 1 atom stereocenters. The predicted octanol–water partition coefficient (Wildman–Crippen LogP) is 5.89. The van der Waals surface area contributed by atoms with E-state index >= 15 is 0 Å². The van der Waals surface area contributed by atoms with E-state index < -0.39 is 5.67 Å². The van der Waals surface area contributed by atoms with Crippen LogP contribution in [0.5, 0.6) is 0 Å². The molecular formula is C29H32FN3O2. The van der Waals surface area contributed by atoms with Crippen LogP contribution in [0.2, 0.25) is 0 Å². The lowest BCUT2D eigenvalue weighted by atomic mass is 9.81. The maximum Gasteiger partial charge on any atom is 0.251 e. The lowest BCUT2D eigenvalue weighted by molar-refractivity contribution is 0.0892. The summed E-state index contributed by atoms with van der Waals surface area (Å²) in [4.78, 5) is 29.5. The van der Waals surface area contributed by atoms with Gasteiger partial charge >= 0.3 is 0 Å². The van der Waals surface area contributed by atoms with E-state index in [1.54, 1.807) is 37.5 Å². The lowest BCUT2D eigenvalue weighted by Gasteiger charge is -2.31. The molecule has 0 aliphatic heterocycles. The molecule has 0 bridgehead atoms. The number of alkyl halides is 1. The number of carbonyl (C=O) groups excluding carboxylic acids is 2. The Balaban J connectivity index is 1.33. The zero-order valence-corrected chi connectivity index (χ0v) is 20.3. The van der Waals surface area contributed by atoms with Gasteiger partial charge in [-0.3, -0.25) is 14.6 Å². The fourth-order valence-electron chi connectivity index (χ4n) is 4.49. The van der Waals surface area contributed by atoms with Gasteiger partial charge in [0.2, 0.25) is 0 Å². The number of nitrogens with one attached hydrogen (secondary N) is 2. The predicted molar refractivity (Wildman–Crippen MR) is 136 cm³/mol. The number of carbonyl (C=O) groups is 2. The van der Waals surface area contributed by atoms with Gasteiger partial charge in [0.05, 0.1) is 6.04 Å². The number of hydrogen-bond donors (Lipinski definition) is 2. The highest BCUT2D eigenvalue weighted by Crippen LogP contribution is 2.34. The second-order valence-electron chi connectivity index (χ2n) is 9.70. The second kappa shape index (κ2) is 10.8. The number of nitrogens with zero attached hydrogens (tertiary/aromatic N) is 1. The first-order chi connectivity index (χ1) is 16.8. The summed E-state index contributed by atoms with van der Waals surface area (Å²) in [6.45, 7) is 4.11. The van der Waals surface area contributed by atoms with Crippen molar-refractivity contribution in [1.82, 2.24) is 15.6 Å². The average molecular weight is 474 g/mol. The van der Waals surface area contributed by atoms with Crippen molar-refractivity contribution in [2.45, 2.75) is 51.2 Å². The van der Waals surface area contributed by atoms with Gasteiger partial charge in [-0.05, 0) is 98.5 Å². The summed E-state index contributed by atoms with van der Waals surface area (Å²) >= 11 is 0. The number of benzene rings is 2. The molecule has 0 radical (unpaired) electrons. The first-order valence-electron chi connectivity index (χ1n) is 12.2. The highest BCUT2D eigenvalue weighted by molar-refractivity contribution is 5.95. The van der Waals surface area contributed by atoms with Crippen molar-refractivity contribution in [2.24, 2.45) is 5.92 Å². The van der Waals surface area contributed by atoms with Crippen molar-refractivity contribution in [3.8, 4) is 11.1 Å². The molecule has 4 rings (SSSR count). The van der Waals surface area contributed by atoms with E-state index in [-0.39, 0.29) is 17.9 Å². The van der Waals surface area contributed by atoms with Crippen molar-refractivity contribution in [3.05, 3.63) is 89.7 Å². The van der Waals surface area contributed by atoms with Crippen molar-refractivity contribution in [3.63, 3.8) is 0 Å². The third kappa shape index (κ3) is 6.53. The summed E-state index contributed by atoms with van der Waals surface area (Å²) in [7, 11) is 0. The summed E-state index contributed by atoms with van der Waals surface area (Å²) in [5.41, 5.74) is 2.96. The quantitative estimate of drug-likeness (QED) is 0.450. The Hall–Kier alpha value is -3.54. The third-order valence-corrected chi connectivity index (χ3v) is 6.86. The molecular weight excluding hydrogens is 441 g/mol. The maximum atomic E-state index is 14.0.